The summed E-state index contributed by atoms with van der Waals surface area (Å²) in [4.78, 5) is 0. The average Bonchev–Trinajstić information content (AvgIpc) is 1.41. The number of allylic oxidation sites excluding steroid dienone is 1. The van der Waals surface area contributed by atoms with E-state index in [0.717, 1.165) is 5.25 Å². The molecule has 0 aromatic carbocycles. The maximum absolute atomic E-state index is 5.36. The van der Waals surface area contributed by atoms with Crippen LogP contribution in [-0.4, -0.2) is 14.5 Å². The van der Waals surface area contributed by atoms with Gasteiger partial charge in [-0.25, -0.2) is 0 Å². The standard InChI is InChI=1S/C3H5ClGe/c1-2-3-5-4/h2H,1,3H2. The molecule has 0 spiro atoms. The zero-order valence-electron chi connectivity index (χ0n) is 2.87. The maximum atomic E-state index is 5.36. The van der Waals surface area contributed by atoms with Crippen LogP contribution in [0, 0.1) is 0 Å². The summed E-state index contributed by atoms with van der Waals surface area (Å²) in [6.07, 6.45) is 1.85. The molecule has 0 nitrogen and oxygen atoms in total. The van der Waals surface area contributed by atoms with Crippen molar-refractivity contribution in [3.8, 4) is 0 Å². The quantitative estimate of drug-likeness (QED) is 0.411. The number of hydrogen-bond donors (Lipinski definition) is 0. The Morgan fingerprint density at radius 2 is 2.60 bits per heavy atom. The van der Waals surface area contributed by atoms with Gasteiger partial charge in [0.25, 0.3) is 0 Å². The zero-order chi connectivity index (χ0) is 4.12. The van der Waals surface area contributed by atoms with Crippen molar-refractivity contribution in [3.63, 3.8) is 0 Å². The summed E-state index contributed by atoms with van der Waals surface area (Å²) in [5.41, 5.74) is 0. The molecule has 0 rings (SSSR count). The average molecular weight is 149 g/mol. The Morgan fingerprint density at radius 1 is 2.00 bits per heavy atom. The van der Waals surface area contributed by atoms with E-state index in [1.54, 1.807) is 0 Å². The molecule has 0 aliphatic carbocycles. The van der Waals surface area contributed by atoms with E-state index in [9.17, 15) is 0 Å². The van der Waals surface area contributed by atoms with E-state index < -0.39 is 0 Å². The van der Waals surface area contributed by atoms with Crippen LogP contribution in [-0.2, 0) is 0 Å². The molecular weight excluding hydrogens is 144 g/mol. The van der Waals surface area contributed by atoms with E-state index in [1.807, 2.05) is 6.08 Å². The molecule has 0 amide bonds. The van der Waals surface area contributed by atoms with Crippen molar-refractivity contribution in [3.05, 3.63) is 12.7 Å². The second kappa shape index (κ2) is 4.57. The van der Waals surface area contributed by atoms with Crippen molar-refractivity contribution in [2.75, 3.05) is 0 Å². The fourth-order valence-corrected chi connectivity index (χ4v) is 0.850. The van der Waals surface area contributed by atoms with Gasteiger partial charge < -0.3 is 0 Å². The number of rotatable bonds is 2. The van der Waals surface area contributed by atoms with Crippen LogP contribution in [0.4, 0.5) is 0 Å². The molecule has 0 aliphatic rings. The van der Waals surface area contributed by atoms with Crippen molar-refractivity contribution in [2.24, 2.45) is 0 Å². The topological polar surface area (TPSA) is 0 Å². The number of halogens is 1. The van der Waals surface area contributed by atoms with Gasteiger partial charge in [-0.1, -0.05) is 0 Å². The summed E-state index contributed by atoms with van der Waals surface area (Å²) < 4.78 is 0. The van der Waals surface area contributed by atoms with Gasteiger partial charge in [-0.05, 0) is 0 Å². The summed E-state index contributed by atoms with van der Waals surface area (Å²) in [5.74, 6) is 0. The van der Waals surface area contributed by atoms with Gasteiger partial charge in [0.2, 0.25) is 0 Å². The van der Waals surface area contributed by atoms with E-state index >= 15 is 0 Å². The second-order valence-corrected chi connectivity index (χ2v) is 3.43. The van der Waals surface area contributed by atoms with Crippen LogP contribution in [0.15, 0.2) is 12.7 Å². The van der Waals surface area contributed by atoms with Crippen LogP contribution >= 0.6 is 10.0 Å². The predicted octanol–water partition coefficient (Wildman–Crippen LogP) is 1.45. The zero-order valence-corrected chi connectivity index (χ0v) is 5.72. The van der Waals surface area contributed by atoms with Gasteiger partial charge in [0.1, 0.15) is 0 Å². The normalized spacial score (nSPS) is 7.40. The molecule has 0 saturated heterocycles. The molecule has 0 bridgehead atoms. The Labute approximate surface area is 42.9 Å². The molecule has 0 aromatic heterocycles. The molecule has 0 aromatic rings. The van der Waals surface area contributed by atoms with Crippen molar-refractivity contribution in [1.82, 2.24) is 0 Å². The first kappa shape index (κ1) is 5.57. The van der Waals surface area contributed by atoms with Crippen molar-refractivity contribution >= 4 is 24.5 Å². The van der Waals surface area contributed by atoms with Gasteiger partial charge in [-0.3, -0.25) is 0 Å². The Hall–Kier alpha value is 0.573. The molecule has 0 unspecified atom stereocenters. The second-order valence-electron chi connectivity index (χ2n) is 0.626. The van der Waals surface area contributed by atoms with Gasteiger partial charge in [0, 0.05) is 0 Å². The first-order valence-electron chi connectivity index (χ1n) is 1.36. The van der Waals surface area contributed by atoms with E-state index in [0.29, 0.717) is 0 Å². The molecule has 2 heteroatoms. The Kier molecular flexibility index (Phi) is 5.10. The van der Waals surface area contributed by atoms with Crippen LogP contribution in [0.25, 0.3) is 0 Å². The summed E-state index contributed by atoms with van der Waals surface area (Å²) in [7, 11) is 5.36. The van der Waals surface area contributed by atoms with Crippen molar-refractivity contribution in [1.29, 1.82) is 0 Å². The van der Waals surface area contributed by atoms with Gasteiger partial charge in [-0.15, -0.1) is 0 Å². The predicted molar refractivity (Wildman–Crippen MR) is 26.6 cm³/mol. The molecule has 28 valence electrons. The fourth-order valence-electron chi connectivity index (χ4n) is 0.0546. The third kappa shape index (κ3) is 4.57. The monoisotopic (exact) mass is 150 g/mol. The summed E-state index contributed by atoms with van der Waals surface area (Å²) >= 11 is -0.139. The molecule has 0 aliphatic heterocycles. The molecule has 2 radical (unpaired) electrons. The molecule has 0 heterocycles. The van der Waals surface area contributed by atoms with Gasteiger partial charge in [0.05, 0.1) is 0 Å². The fraction of sp³-hybridized carbons (Fsp3) is 0.333. The first-order valence-corrected chi connectivity index (χ1v) is 5.60. The van der Waals surface area contributed by atoms with E-state index in [2.05, 4.69) is 6.58 Å². The van der Waals surface area contributed by atoms with Crippen LogP contribution in [0.3, 0.4) is 0 Å². The van der Waals surface area contributed by atoms with E-state index in [-0.39, 0.29) is 14.5 Å². The summed E-state index contributed by atoms with van der Waals surface area (Å²) in [6, 6.07) is 0. The number of hydrogen-bond acceptors (Lipinski definition) is 0. The summed E-state index contributed by atoms with van der Waals surface area (Å²) in [5, 5.41) is 1.04. The van der Waals surface area contributed by atoms with Crippen LogP contribution in [0.2, 0.25) is 5.25 Å². The van der Waals surface area contributed by atoms with Gasteiger partial charge >= 0.3 is 42.4 Å². The molecule has 5 heavy (non-hydrogen) atoms. The third-order valence-corrected chi connectivity index (χ3v) is 1.95. The van der Waals surface area contributed by atoms with Crippen molar-refractivity contribution < 1.29 is 0 Å². The van der Waals surface area contributed by atoms with Crippen LogP contribution in [0.5, 0.6) is 0 Å². The molecule has 0 saturated carbocycles. The van der Waals surface area contributed by atoms with Crippen molar-refractivity contribution in [2.45, 2.75) is 5.25 Å². The van der Waals surface area contributed by atoms with E-state index in [4.69, 9.17) is 10.0 Å². The SMILES string of the molecule is C=C[CH2][Ge][Cl]. The van der Waals surface area contributed by atoms with Gasteiger partial charge in [-0.2, -0.15) is 0 Å². The Balaban J connectivity index is 2.40. The minimum absolute atomic E-state index is 0.139. The van der Waals surface area contributed by atoms with Gasteiger partial charge in [0.15, 0.2) is 0 Å². The molecule has 0 fully saturated rings. The minimum atomic E-state index is -0.139. The molecule has 0 N–H and O–H groups in total. The molecular formula is C3H5ClGe. The summed E-state index contributed by atoms with van der Waals surface area (Å²) in [6.45, 7) is 3.50. The van der Waals surface area contributed by atoms with Crippen LogP contribution < -0.4 is 0 Å². The van der Waals surface area contributed by atoms with Crippen LogP contribution in [0.1, 0.15) is 0 Å². The van der Waals surface area contributed by atoms with E-state index in [1.165, 1.54) is 0 Å². The molecule has 0 atom stereocenters. The Morgan fingerprint density at radius 3 is 2.60 bits per heavy atom. The third-order valence-electron chi connectivity index (χ3n) is 0.221. The first-order chi connectivity index (χ1) is 2.41. The Bertz CT molecular complexity index is 28.1.